The number of aliphatic hydroxyl groups is 2. The van der Waals surface area contributed by atoms with Crippen LogP contribution >= 0.6 is 0 Å². The quantitative estimate of drug-likeness (QED) is 0.460. The van der Waals surface area contributed by atoms with Gasteiger partial charge in [-0.2, -0.15) is 0 Å². The van der Waals surface area contributed by atoms with E-state index in [1.807, 2.05) is 30.3 Å². The number of alkyl carbamates (subject to hydrolysis) is 1. The van der Waals surface area contributed by atoms with E-state index in [0.717, 1.165) is 5.56 Å². The minimum atomic E-state index is -1.43. The fourth-order valence-electron chi connectivity index (χ4n) is 2.80. The molecule has 2 aromatic rings. The van der Waals surface area contributed by atoms with Crippen LogP contribution in [-0.2, 0) is 11.3 Å². The highest BCUT2D eigenvalue weighted by Crippen LogP contribution is 2.37. The molecule has 0 aliphatic carbocycles. The minimum Gasteiger partial charge on any atom is -0.496 e. The molecule has 1 amide bonds. The van der Waals surface area contributed by atoms with Gasteiger partial charge < -0.3 is 34.8 Å². The number of carbonyl (C=O) groups excluding carboxylic acids is 1. The summed E-state index contributed by atoms with van der Waals surface area (Å²) in [6.07, 6.45) is -3.35. The molecular weight excluding hydrogens is 394 g/mol. The summed E-state index contributed by atoms with van der Waals surface area (Å²) >= 11 is 0. The summed E-state index contributed by atoms with van der Waals surface area (Å²) in [5.74, 6) is -1.06. The van der Waals surface area contributed by atoms with Gasteiger partial charge in [0.1, 0.15) is 24.2 Å². The number of aromatic carboxylic acids is 1. The van der Waals surface area contributed by atoms with E-state index in [1.54, 1.807) is 0 Å². The van der Waals surface area contributed by atoms with Gasteiger partial charge in [-0.05, 0) is 24.1 Å². The number of carbonyl (C=O) groups is 2. The number of amides is 1. The summed E-state index contributed by atoms with van der Waals surface area (Å²) in [5.41, 5.74) is 0.869. The van der Waals surface area contributed by atoms with E-state index in [-0.39, 0.29) is 42.2 Å². The van der Waals surface area contributed by atoms with Crippen LogP contribution in [0.3, 0.4) is 0 Å². The largest absolute Gasteiger partial charge is 0.496 e. The average molecular weight is 419 g/mol. The van der Waals surface area contributed by atoms with Crippen LogP contribution < -0.4 is 14.8 Å². The van der Waals surface area contributed by atoms with Crippen molar-refractivity contribution in [3.8, 4) is 11.5 Å². The third-order valence-electron chi connectivity index (χ3n) is 4.37. The number of nitrogens with one attached hydrogen (secondary N) is 1. The Morgan fingerprint density at radius 3 is 2.17 bits per heavy atom. The number of hydrogen-bond donors (Lipinski definition) is 4. The molecule has 162 valence electrons. The summed E-state index contributed by atoms with van der Waals surface area (Å²) in [6.45, 7) is 0.159. The van der Waals surface area contributed by atoms with Crippen molar-refractivity contribution < 1.29 is 39.1 Å². The van der Waals surface area contributed by atoms with Gasteiger partial charge in [-0.25, -0.2) is 9.59 Å². The maximum Gasteiger partial charge on any atom is 0.407 e. The first kappa shape index (κ1) is 23.0. The molecule has 2 rings (SSSR count). The van der Waals surface area contributed by atoms with Crippen molar-refractivity contribution in [1.82, 2.24) is 5.32 Å². The van der Waals surface area contributed by atoms with Crippen LogP contribution in [0.15, 0.2) is 42.5 Å². The van der Waals surface area contributed by atoms with Crippen molar-refractivity contribution in [2.75, 3.05) is 20.8 Å². The van der Waals surface area contributed by atoms with E-state index in [4.69, 9.17) is 14.2 Å². The molecule has 0 aliphatic heterocycles. The van der Waals surface area contributed by atoms with Gasteiger partial charge in [-0.3, -0.25) is 0 Å². The molecule has 0 aliphatic rings. The van der Waals surface area contributed by atoms with Gasteiger partial charge in [-0.1, -0.05) is 30.3 Å². The highest BCUT2D eigenvalue weighted by molar-refractivity contribution is 5.89. The monoisotopic (exact) mass is 419 g/mol. The molecule has 30 heavy (non-hydrogen) atoms. The van der Waals surface area contributed by atoms with E-state index >= 15 is 0 Å². The topological polar surface area (TPSA) is 135 Å². The zero-order valence-electron chi connectivity index (χ0n) is 16.7. The zero-order chi connectivity index (χ0) is 22.1. The van der Waals surface area contributed by atoms with Gasteiger partial charge >= 0.3 is 12.1 Å². The molecule has 0 spiro atoms. The zero-order valence-corrected chi connectivity index (χ0v) is 16.7. The number of carboxylic acid groups (broad SMARTS) is 1. The lowest BCUT2D eigenvalue weighted by atomic mass is 9.98. The van der Waals surface area contributed by atoms with E-state index in [2.05, 4.69) is 5.32 Å². The molecule has 0 heterocycles. The molecule has 0 bridgehead atoms. The van der Waals surface area contributed by atoms with E-state index in [1.165, 1.54) is 26.4 Å². The standard InChI is InChI=1S/C21H25NO8/c1-28-16-10-14(20(25)26)11-17(29-2)18(16)19(24)15(23)8-9-22-21(27)30-12-13-6-4-3-5-7-13/h3-7,10-11,15,19,23-24H,8-9,12H2,1-2H3,(H,22,27)(H,25,26). The number of ether oxygens (including phenoxy) is 3. The third kappa shape index (κ3) is 6.10. The van der Waals surface area contributed by atoms with Crippen molar-refractivity contribution >= 4 is 12.1 Å². The van der Waals surface area contributed by atoms with Crippen molar-refractivity contribution in [3.63, 3.8) is 0 Å². The molecule has 0 fully saturated rings. The first-order valence-corrected chi connectivity index (χ1v) is 9.17. The van der Waals surface area contributed by atoms with Crippen LogP contribution in [0.5, 0.6) is 11.5 Å². The van der Waals surface area contributed by atoms with Gasteiger partial charge in [-0.15, -0.1) is 0 Å². The maximum absolute atomic E-state index is 11.8. The Bertz CT molecular complexity index is 830. The van der Waals surface area contributed by atoms with Gasteiger partial charge in [0, 0.05) is 6.54 Å². The molecule has 0 saturated heterocycles. The predicted molar refractivity (Wildman–Crippen MR) is 107 cm³/mol. The number of methoxy groups -OCH3 is 2. The Hall–Kier alpha value is -3.30. The molecule has 0 aromatic heterocycles. The lowest BCUT2D eigenvalue weighted by Crippen LogP contribution is -2.30. The van der Waals surface area contributed by atoms with E-state index in [0.29, 0.717) is 0 Å². The second-order valence-corrected chi connectivity index (χ2v) is 6.39. The van der Waals surface area contributed by atoms with Crippen LogP contribution in [0.2, 0.25) is 0 Å². The lowest BCUT2D eigenvalue weighted by molar-refractivity contribution is 0.0109. The smallest absolute Gasteiger partial charge is 0.407 e. The van der Waals surface area contributed by atoms with E-state index in [9.17, 15) is 24.9 Å². The van der Waals surface area contributed by atoms with Gasteiger partial charge in [0.15, 0.2) is 0 Å². The van der Waals surface area contributed by atoms with Crippen LogP contribution in [0.4, 0.5) is 4.79 Å². The molecule has 9 heteroatoms. The van der Waals surface area contributed by atoms with Crippen molar-refractivity contribution in [2.24, 2.45) is 0 Å². The normalized spacial score (nSPS) is 12.5. The van der Waals surface area contributed by atoms with E-state index < -0.39 is 24.3 Å². The second-order valence-electron chi connectivity index (χ2n) is 6.39. The average Bonchev–Trinajstić information content (AvgIpc) is 2.76. The summed E-state index contributed by atoms with van der Waals surface area (Å²) in [5, 5.41) is 32.6. The Labute approximate surface area is 173 Å². The van der Waals surface area contributed by atoms with Gasteiger partial charge in [0.05, 0.1) is 31.5 Å². The highest BCUT2D eigenvalue weighted by Gasteiger charge is 2.27. The SMILES string of the molecule is COc1cc(C(=O)O)cc(OC)c1C(O)C(O)CCNC(=O)OCc1ccccc1. The van der Waals surface area contributed by atoms with Crippen LogP contribution in [0.25, 0.3) is 0 Å². The van der Waals surface area contributed by atoms with Gasteiger partial charge in [0.25, 0.3) is 0 Å². The lowest BCUT2D eigenvalue weighted by Gasteiger charge is -2.23. The van der Waals surface area contributed by atoms with Gasteiger partial charge in [0.2, 0.25) is 0 Å². The number of rotatable bonds is 10. The first-order chi connectivity index (χ1) is 14.4. The molecule has 0 radical (unpaired) electrons. The van der Waals surface area contributed by atoms with Crippen molar-refractivity contribution in [1.29, 1.82) is 0 Å². The number of carboxylic acids is 1. The molecule has 0 saturated carbocycles. The van der Waals surface area contributed by atoms with Crippen LogP contribution in [0, 0.1) is 0 Å². The molecule has 4 N–H and O–H groups in total. The summed E-state index contributed by atoms with van der Waals surface area (Å²) in [6, 6.07) is 11.6. The Balaban J connectivity index is 1.94. The molecule has 2 atom stereocenters. The van der Waals surface area contributed by atoms with Crippen molar-refractivity contribution in [2.45, 2.75) is 25.2 Å². The second kappa shape index (κ2) is 11.0. The molecule has 9 nitrogen and oxygen atoms in total. The fourth-order valence-corrected chi connectivity index (χ4v) is 2.80. The number of benzene rings is 2. The summed E-state index contributed by atoms with van der Waals surface area (Å²) in [4.78, 5) is 23.0. The first-order valence-electron chi connectivity index (χ1n) is 9.17. The molecule has 2 unspecified atom stereocenters. The minimum absolute atomic E-state index is 0.00853. The summed E-state index contributed by atoms with van der Waals surface area (Å²) in [7, 11) is 2.63. The Morgan fingerprint density at radius 2 is 1.63 bits per heavy atom. The predicted octanol–water partition coefficient (Wildman–Crippen LogP) is 2.11. The number of hydrogen-bond acceptors (Lipinski definition) is 7. The molecule has 2 aromatic carbocycles. The Morgan fingerprint density at radius 1 is 1.03 bits per heavy atom. The summed E-state index contributed by atoms with van der Waals surface area (Å²) < 4.78 is 15.4. The molecular formula is C21H25NO8. The maximum atomic E-state index is 11.8. The third-order valence-corrected chi connectivity index (χ3v) is 4.37. The van der Waals surface area contributed by atoms with Crippen LogP contribution in [-0.4, -0.2) is 54.3 Å². The number of aliphatic hydroxyl groups excluding tert-OH is 2. The highest BCUT2D eigenvalue weighted by atomic mass is 16.5. The Kier molecular flexibility index (Phi) is 8.45. The van der Waals surface area contributed by atoms with Crippen molar-refractivity contribution in [3.05, 3.63) is 59.2 Å². The fraction of sp³-hybridized carbons (Fsp3) is 0.333. The van der Waals surface area contributed by atoms with Crippen LogP contribution in [0.1, 0.15) is 34.0 Å².